The number of carboxylic acid groups (broad SMARTS) is 1. The van der Waals surface area contributed by atoms with Crippen molar-refractivity contribution >= 4 is 63.0 Å². The van der Waals surface area contributed by atoms with Crippen LogP contribution in [-0.2, 0) is 33.5 Å². The molecule has 0 saturated carbocycles. The Hall–Kier alpha value is -3.36. The minimum Gasteiger partial charge on any atom is -0.480 e. The van der Waals surface area contributed by atoms with E-state index in [9.17, 15) is 27.6 Å². The standard InChI is InChI=1S/C22H28N4O8S2/c1-26(2)17-7-3-6-14-13(17)5-4-8-18(14)36(32,33)34-20(28)11-24-21(29)16(12-35)25-19(27)10-9-15(23)22(30)31/h3-8,15-16,35H,9-12,23H2,1-2H3,(H,24,29)(H,25,27)(H,30,31). The molecule has 0 fully saturated rings. The smallest absolute Gasteiger partial charge is 0.342 e. The summed E-state index contributed by atoms with van der Waals surface area (Å²) in [6.45, 7) is -0.782. The number of anilines is 1. The van der Waals surface area contributed by atoms with E-state index < -0.39 is 52.5 Å². The number of carbonyl (C=O) groups is 4. The minimum absolute atomic E-state index is 0.139. The van der Waals surface area contributed by atoms with Crippen LogP contribution in [0.25, 0.3) is 10.8 Å². The van der Waals surface area contributed by atoms with Crippen molar-refractivity contribution in [3.05, 3.63) is 36.4 Å². The third kappa shape index (κ3) is 7.57. The predicted octanol–water partition coefficient (Wildman–Crippen LogP) is -0.139. The van der Waals surface area contributed by atoms with Crippen LogP contribution >= 0.6 is 12.6 Å². The highest BCUT2D eigenvalue weighted by atomic mass is 32.2. The van der Waals surface area contributed by atoms with E-state index in [4.69, 9.17) is 15.0 Å². The highest BCUT2D eigenvalue weighted by molar-refractivity contribution is 7.87. The molecule has 2 unspecified atom stereocenters. The molecule has 2 atom stereocenters. The first kappa shape index (κ1) is 28.9. The summed E-state index contributed by atoms with van der Waals surface area (Å²) >= 11 is 3.98. The van der Waals surface area contributed by atoms with E-state index in [-0.39, 0.29) is 23.5 Å². The second-order valence-electron chi connectivity index (χ2n) is 7.94. The lowest BCUT2D eigenvalue weighted by Crippen LogP contribution is -2.49. The van der Waals surface area contributed by atoms with Gasteiger partial charge in [0.25, 0.3) is 0 Å². The van der Waals surface area contributed by atoms with Crippen molar-refractivity contribution in [1.82, 2.24) is 10.6 Å². The molecule has 5 N–H and O–H groups in total. The first-order valence-corrected chi connectivity index (χ1v) is 12.7. The molecular formula is C22H28N4O8S2. The Kier molecular flexibility index (Phi) is 10.1. The first-order valence-electron chi connectivity index (χ1n) is 10.7. The zero-order valence-electron chi connectivity index (χ0n) is 19.6. The highest BCUT2D eigenvalue weighted by Gasteiger charge is 2.25. The summed E-state index contributed by atoms with van der Waals surface area (Å²) in [6.07, 6.45) is -0.387. The number of hydrogen-bond donors (Lipinski definition) is 5. The van der Waals surface area contributed by atoms with Crippen molar-refractivity contribution in [2.45, 2.75) is 29.8 Å². The zero-order valence-corrected chi connectivity index (χ0v) is 21.3. The molecule has 2 rings (SSSR count). The summed E-state index contributed by atoms with van der Waals surface area (Å²) in [5.74, 6) is -4.09. The van der Waals surface area contributed by atoms with Crippen LogP contribution in [0.5, 0.6) is 0 Å². The Labute approximate surface area is 213 Å². The summed E-state index contributed by atoms with van der Waals surface area (Å²) < 4.78 is 30.3. The molecule has 0 aliphatic rings. The van der Waals surface area contributed by atoms with E-state index in [1.807, 2.05) is 25.1 Å². The van der Waals surface area contributed by atoms with Crippen LogP contribution < -0.4 is 21.3 Å². The topological polar surface area (TPSA) is 185 Å². The van der Waals surface area contributed by atoms with Crippen LogP contribution in [-0.4, -0.2) is 75.8 Å². The molecule has 0 bridgehead atoms. The molecule has 0 aliphatic carbocycles. The van der Waals surface area contributed by atoms with Gasteiger partial charge in [-0.25, -0.2) is 4.79 Å². The van der Waals surface area contributed by atoms with Crippen LogP contribution in [0.15, 0.2) is 41.3 Å². The largest absolute Gasteiger partial charge is 0.480 e. The second-order valence-corrected chi connectivity index (χ2v) is 9.82. The maximum atomic E-state index is 12.8. The Morgan fingerprint density at radius 3 is 2.36 bits per heavy atom. The number of nitrogens with two attached hydrogens (primary N) is 1. The average molecular weight is 541 g/mol. The fourth-order valence-corrected chi connectivity index (χ4v) is 4.57. The normalized spacial score (nSPS) is 12.9. The summed E-state index contributed by atoms with van der Waals surface area (Å²) in [5, 5.41) is 14.3. The monoisotopic (exact) mass is 540 g/mol. The number of nitrogens with zero attached hydrogens (tertiary/aromatic N) is 1. The lowest BCUT2D eigenvalue weighted by atomic mass is 10.1. The fourth-order valence-electron chi connectivity index (χ4n) is 3.22. The van der Waals surface area contributed by atoms with Gasteiger partial charge >= 0.3 is 22.1 Å². The maximum Gasteiger partial charge on any atom is 0.342 e. The van der Waals surface area contributed by atoms with Crippen LogP contribution in [0.2, 0.25) is 0 Å². The van der Waals surface area contributed by atoms with Gasteiger partial charge < -0.3 is 30.6 Å². The van der Waals surface area contributed by atoms with Crippen molar-refractivity contribution < 1.29 is 36.9 Å². The molecular weight excluding hydrogens is 512 g/mol. The van der Waals surface area contributed by atoms with Gasteiger partial charge in [0.1, 0.15) is 23.5 Å². The third-order valence-electron chi connectivity index (χ3n) is 5.05. The quantitative estimate of drug-likeness (QED) is 0.179. The molecule has 0 heterocycles. The van der Waals surface area contributed by atoms with Gasteiger partial charge in [0.2, 0.25) is 11.8 Å². The molecule has 2 aromatic carbocycles. The molecule has 2 amide bonds. The van der Waals surface area contributed by atoms with Crippen LogP contribution in [0.1, 0.15) is 12.8 Å². The van der Waals surface area contributed by atoms with Crippen molar-refractivity contribution in [3.63, 3.8) is 0 Å². The van der Waals surface area contributed by atoms with E-state index in [1.54, 1.807) is 18.2 Å². The van der Waals surface area contributed by atoms with E-state index >= 15 is 0 Å². The van der Waals surface area contributed by atoms with Gasteiger partial charge in [0.05, 0.1) is 0 Å². The SMILES string of the molecule is CN(C)c1cccc2c(S(=O)(=O)OC(=O)CNC(=O)C(CS)NC(=O)CCC(N)C(=O)O)cccc12. The number of hydrogen-bond acceptors (Lipinski definition) is 10. The Morgan fingerprint density at radius 2 is 1.75 bits per heavy atom. The van der Waals surface area contributed by atoms with E-state index in [0.717, 1.165) is 5.69 Å². The molecule has 0 aliphatic heterocycles. The van der Waals surface area contributed by atoms with Crippen molar-refractivity contribution in [2.75, 3.05) is 31.3 Å². The molecule has 0 radical (unpaired) electrons. The second kappa shape index (κ2) is 12.6. The molecule has 2 aromatic rings. The highest BCUT2D eigenvalue weighted by Crippen LogP contribution is 2.30. The zero-order chi connectivity index (χ0) is 27.0. The molecule has 12 nitrogen and oxygen atoms in total. The van der Waals surface area contributed by atoms with E-state index in [0.29, 0.717) is 10.8 Å². The number of amides is 2. The number of benzene rings is 2. The summed E-state index contributed by atoms with van der Waals surface area (Å²) in [6, 6.07) is 7.28. The molecule has 36 heavy (non-hydrogen) atoms. The van der Waals surface area contributed by atoms with Crippen LogP contribution in [0.4, 0.5) is 5.69 Å². The van der Waals surface area contributed by atoms with Crippen molar-refractivity contribution in [2.24, 2.45) is 5.73 Å². The minimum atomic E-state index is -4.51. The molecule has 0 saturated heterocycles. The summed E-state index contributed by atoms with van der Waals surface area (Å²) in [7, 11) is -0.888. The van der Waals surface area contributed by atoms with Gasteiger partial charge in [-0.15, -0.1) is 0 Å². The maximum absolute atomic E-state index is 12.8. The number of aliphatic carboxylic acids is 1. The number of carbonyl (C=O) groups excluding carboxylic acids is 3. The Balaban J connectivity index is 2.01. The van der Waals surface area contributed by atoms with Gasteiger partial charge in [-0.05, 0) is 18.6 Å². The van der Waals surface area contributed by atoms with Gasteiger partial charge in [0.15, 0.2) is 0 Å². The lowest BCUT2D eigenvalue weighted by Gasteiger charge is -2.17. The van der Waals surface area contributed by atoms with Gasteiger partial charge in [-0.1, -0.05) is 24.3 Å². The van der Waals surface area contributed by atoms with Crippen molar-refractivity contribution in [1.29, 1.82) is 0 Å². The van der Waals surface area contributed by atoms with Gasteiger partial charge in [-0.2, -0.15) is 21.0 Å². The number of rotatable bonds is 12. The number of fused-ring (bicyclic) bond motifs is 1. The Morgan fingerprint density at radius 1 is 1.11 bits per heavy atom. The fraction of sp³-hybridized carbons (Fsp3) is 0.364. The molecule has 0 aromatic heterocycles. The van der Waals surface area contributed by atoms with Gasteiger partial charge in [-0.3, -0.25) is 14.4 Å². The predicted molar refractivity (Wildman–Crippen MR) is 135 cm³/mol. The summed E-state index contributed by atoms with van der Waals surface area (Å²) in [5.41, 5.74) is 6.11. The molecule has 196 valence electrons. The van der Waals surface area contributed by atoms with Crippen molar-refractivity contribution in [3.8, 4) is 0 Å². The molecule has 0 spiro atoms. The van der Waals surface area contributed by atoms with E-state index in [2.05, 4.69) is 23.3 Å². The lowest BCUT2D eigenvalue weighted by molar-refractivity contribution is -0.139. The third-order valence-corrected chi connectivity index (χ3v) is 6.72. The van der Waals surface area contributed by atoms with Gasteiger partial charge in [0, 0.05) is 42.7 Å². The van der Waals surface area contributed by atoms with Crippen LogP contribution in [0, 0.1) is 0 Å². The van der Waals surface area contributed by atoms with E-state index in [1.165, 1.54) is 12.1 Å². The Bertz CT molecular complexity index is 1250. The number of nitrogens with one attached hydrogen (secondary N) is 2. The van der Waals surface area contributed by atoms with Crippen LogP contribution in [0.3, 0.4) is 0 Å². The molecule has 14 heteroatoms. The summed E-state index contributed by atoms with van der Waals surface area (Å²) in [4.78, 5) is 48.8. The number of carboxylic acids is 1. The first-order chi connectivity index (χ1) is 16.9. The number of thiol groups is 1. The average Bonchev–Trinajstić information content (AvgIpc) is 2.82.